The van der Waals surface area contributed by atoms with Crippen molar-refractivity contribution < 1.29 is 4.74 Å². The standard InChI is InChI=1S/C13H18ClN3O/c1-8(2)7-17-12(9(3)14)15-10-5-6-11(18-4)16-13(10)17/h5-6,8-9H,7H2,1-4H3. The maximum absolute atomic E-state index is 6.19. The summed E-state index contributed by atoms with van der Waals surface area (Å²) in [6.07, 6.45) is 0. The molecule has 0 bridgehead atoms. The summed E-state index contributed by atoms with van der Waals surface area (Å²) in [5, 5.41) is -0.135. The topological polar surface area (TPSA) is 39.9 Å². The SMILES string of the molecule is COc1ccc2nc(C(C)Cl)n(CC(C)C)c2n1. The van der Waals surface area contributed by atoms with Gasteiger partial charge in [-0.3, -0.25) is 0 Å². The van der Waals surface area contributed by atoms with Gasteiger partial charge in [0, 0.05) is 12.6 Å². The highest BCUT2D eigenvalue weighted by atomic mass is 35.5. The fourth-order valence-corrected chi connectivity index (χ4v) is 2.13. The molecule has 0 spiro atoms. The third-order valence-corrected chi connectivity index (χ3v) is 2.90. The Kier molecular flexibility index (Phi) is 3.76. The Morgan fingerprint density at radius 3 is 2.56 bits per heavy atom. The van der Waals surface area contributed by atoms with Gasteiger partial charge in [0.1, 0.15) is 11.3 Å². The summed E-state index contributed by atoms with van der Waals surface area (Å²) in [4.78, 5) is 9.02. The van der Waals surface area contributed by atoms with Crippen LogP contribution in [0.5, 0.6) is 5.88 Å². The van der Waals surface area contributed by atoms with Crippen LogP contribution in [-0.2, 0) is 6.54 Å². The van der Waals surface area contributed by atoms with Gasteiger partial charge in [-0.2, -0.15) is 4.98 Å². The van der Waals surface area contributed by atoms with Gasteiger partial charge in [0.25, 0.3) is 0 Å². The molecule has 0 N–H and O–H groups in total. The average Bonchev–Trinajstić information content (AvgIpc) is 2.67. The summed E-state index contributed by atoms with van der Waals surface area (Å²) in [7, 11) is 1.61. The van der Waals surface area contributed by atoms with Crippen molar-refractivity contribution >= 4 is 22.8 Å². The van der Waals surface area contributed by atoms with Crippen molar-refractivity contribution in [3.05, 3.63) is 18.0 Å². The number of hydrogen-bond donors (Lipinski definition) is 0. The number of methoxy groups -OCH3 is 1. The Labute approximate surface area is 112 Å². The van der Waals surface area contributed by atoms with E-state index < -0.39 is 0 Å². The van der Waals surface area contributed by atoms with Crippen molar-refractivity contribution in [1.82, 2.24) is 14.5 Å². The first-order chi connectivity index (χ1) is 8.52. The third-order valence-electron chi connectivity index (χ3n) is 2.71. The molecule has 98 valence electrons. The Balaban J connectivity index is 2.62. The van der Waals surface area contributed by atoms with Crippen LogP contribution in [0.1, 0.15) is 32.0 Å². The molecule has 1 unspecified atom stereocenters. The predicted molar refractivity (Wildman–Crippen MR) is 73.2 cm³/mol. The van der Waals surface area contributed by atoms with Crippen LogP contribution in [-0.4, -0.2) is 21.6 Å². The molecule has 0 radical (unpaired) electrons. The summed E-state index contributed by atoms with van der Waals surface area (Å²) in [6, 6.07) is 3.73. The van der Waals surface area contributed by atoms with Crippen LogP contribution in [0.25, 0.3) is 11.2 Å². The molecule has 2 heterocycles. The van der Waals surface area contributed by atoms with E-state index in [1.807, 2.05) is 19.1 Å². The lowest BCUT2D eigenvalue weighted by molar-refractivity contribution is 0.398. The Bertz CT molecular complexity index is 548. The second-order valence-corrected chi connectivity index (χ2v) is 5.44. The first-order valence-electron chi connectivity index (χ1n) is 6.08. The number of hydrogen-bond acceptors (Lipinski definition) is 3. The van der Waals surface area contributed by atoms with Gasteiger partial charge in [-0.05, 0) is 18.9 Å². The molecule has 0 aliphatic rings. The Hall–Kier alpha value is -1.29. The highest BCUT2D eigenvalue weighted by Gasteiger charge is 2.17. The average molecular weight is 268 g/mol. The van der Waals surface area contributed by atoms with Crippen LogP contribution in [0.4, 0.5) is 0 Å². The minimum atomic E-state index is -0.135. The van der Waals surface area contributed by atoms with E-state index in [0.29, 0.717) is 11.8 Å². The van der Waals surface area contributed by atoms with Crippen LogP contribution in [0.15, 0.2) is 12.1 Å². The zero-order chi connectivity index (χ0) is 13.3. The molecule has 18 heavy (non-hydrogen) atoms. The maximum Gasteiger partial charge on any atom is 0.215 e. The molecule has 2 aromatic heterocycles. The fourth-order valence-electron chi connectivity index (χ4n) is 1.96. The minimum absolute atomic E-state index is 0.135. The van der Waals surface area contributed by atoms with Crippen LogP contribution in [0.2, 0.25) is 0 Å². The number of rotatable bonds is 4. The van der Waals surface area contributed by atoms with Crippen LogP contribution in [0, 0.1) is 5.92 Å². The van der Waals surface area contributed by atoms with Gasteiger partial charge in [-0.15, -0.1) is 11.6 Å². The predicted octanol–water partition coefficient (Wildman–Crippen LogP) is 3.40. The quantitative estimate of drug-likeness (QED) is 0.797. The minimum Gasteiger partial charge on any atom is -0.481 e. The first kappa shape index (κ1) is 13.1. The van der Waals surface area contributed by atoms with Gasteiger partial charge in [-0.1, -0.05) is 13.8 Å². The van der Waals surface area contributed by atoms with E-state index in [1.165, 1.54) is 0 Å². The van der Waals surface area contributed by atoms with Gasteiger partial charge in [0.2, 0.25) is 5.88 Å². The molecular formula is C13H18ClN3O. The van der Waals surface area contributed by atoms with Gasteiger partial charge < -0.3 is 9.30 Å². The first-order valence-corrected chi connectivity index (χ1v) is 6.51. The lowest BCUT2D eigenvalue weighted by Gasteiger charge is -2.12. The second-order valence-electron chi connectivity index (χ2n) is 4.79. The molecule has 0 saturated heterocycles. The number of halogens is 1. The van der Waals surface area contributed by atoms with Crippen molar-refractivity contribution in [2.45, 2.75) is 32.7 Å². The lowest BCUT2D eigenvalue weighted by atomic mass is 10.2. The highest BCUT2D eigenvalue weighted by Crippen LogP contribution is 2.25. The molecule has 0 aromatic carbocycles. The molecule has 2 rings (SSSR count). The monoisotopic (exact) mass is 267 g/mol. The molecule has 1 atom stereocenters. The van der Waals surface area contributed by atoms with Gasteiger partial charge >= 0.3 is 0 Å². The maximum atomic E-state index is 6.19. The third kappa shape index (κ3) is 2.43. The molecule has 0 saturated carbocycles. The summed E-state index contributed by atoms with van der Waals surface area (Å²) >= 11 is 6.19. The van der Waals surface area contributed by atoms with Crippen molar-refractivity contribution in [2.24, 2.45) is 5.92 Å². The number of aromatic nitrogens is 3. The van der Waals surface area contributed by atoms with E-state index in [0.717, 1.165) is 23.5 Å². The molecule has 0 aliphatic carbocycles. The Morgan fingerprint density at radius 1 is 1.28 bits per heavy atom. The normalized spacial score (nSPS) is 13.2. The number of nitrogens with zero attached hydrogens (tertiary/aromatic N) is 3. The molecule has 0 aliphatic heterocycles. The van der Waals surface area contributed by atoms with Gasteiger partial charge in [0.05, 0.1) is 12.5 Å². The highest BCUT2D eigenvalue weighted by molar-refractivity contribution is 6.20. The van der Waals surface area contributed by atoms with Crippen molar-refractivity contribution in [3.63, 3.8) is 0 Å². The van der Waals surface area contributed by atoms with Crippen LogP contribution >= 0.6 is 11.6 Å². The number of imidazole rings is 1. The number of ether oxygens (including phenoxy) is 1. The number of alkyl halides is 1. The zero-order valence-corrected chi connectivity index (χ0v) is 11.9. The van der Waals surface area contributed by atoms with E-state index >= 15 is 0 Å². The number of pyridine rings is 1. The summed E-state index contributed by atoms with van der Waals surface area (Å²) in [5.41, 5.74) is 1.70. The van der Waals surface area contributed by atoms with Gasteiger partial charge in [-0.25, -0.2) is 4.98 Å². The summed E-state index contributed by atoms with van der Waals surface area (Å²) in [6.45, 7) is 7.10. The smallest absolute Gasteiger partial charge is 0.215 e. The zero-order valence-electron chi connectivity index (χ0n) is 11.1. The fraction of sp³-hybridized carbons (Fsp3) is 0.538. The molecule has 4 nitrogen and oxygen atoms in total. The van der Waals surface area contributed by atoms with E-state index in [-0.39, 0.29) is 5.38 Å². The van der Waals surface area contributed by atoms with Crippen molar-refractivity contribution in [2.75, 3.05) is 7.11 Å². The number of fused-ring (bicyclic) bond motifs is 1. The Morgan fingerprint density at radius 2 is 2.00 bits per heavy atom. The van der Waals surface area contributed by atoms with Crippen LogP contribution in [0.3, 0.4) is 0 Å². The van der Waals surface area contributed by atoms with E-state index in [4.69, 9.17) is 16.3 Å². The van der Waals surface area contributed by atoms with Crippen molar-refractivity contribution in [1.29, 1.82) is 0 Å². The largest absolute Gasteiger partial charge is 0.481 e. The lowest BCUT2D eigenvalue weighted by Crippen LogP contribution is -2.09. The van der Waals surface area contributed by atoms with E-state index in [2.05, 4.69) is 28.4 Å². The van der Waals surface area contributed by atoms with E-state index in [1.54, 1.807) is 7.11 Å². The molecule has 5 heteroatoms. The summed E-state index contributed by atoms with van der Waals surface area (Å²) in [5.74, 6) is 1.96. The van der Waals surface area contributed by atoms with E-state index in [9.17, 15) is 0 Å². The molecule has 2 aromatic rings. The molecule has 0 fully saturated rings. The van der Waals surface area contributed by atoms with Crippen molar-refractivity contribution in [3.8, 4) is 5.88 Å². The van der Waals surface area contributed by atoms with Gasteiger partial charge in [0.15, 0.2) is 5.65 Å². The second kappa shape index (κ2) is 5.14. The van der Waals surface area contributed by atoms with Crippen LogP contribution < -0.4 is 4.74 Å². The molecular weight excluding hydrogens is 250 g/mol. The summed E-state index contributed by atoms with van der Waals surface area (Å²) < 4.78 is 7.25. The molecule has 0 amide bonds.